The van der Waals surface area contributed by atoms with E-state index in [9.17, 15) is 0 Å². The molecule has 2 nitrogen and oxygen atoms in total. The van der Waals surface area contributed by atoms with Crippen LogP contribution in [0.2, 0.25) is 0 Å². The lowest BCUT2D eigenvalue weighted by Crippen LogP contribution is -2.10. The highest BCUT2D eigenvalue weighted by atomic mass is 35.5. The molecule has 1 rings (SSSR count). The largest absolute Gasteiger partial charge is 0.494 e. The van der Waals surface area contributed by atoms with Crippen molar-refractivity contribution in [3.05, 3.63) is 29.3 Å². The van der Waals surface area contributed by atoms with Crippen molar-refractivity contribution < 1.29 is 4.74 Å². The molecule has 0 aliphatic rings. The minimum absolute atomic E-state index is 0.135. The van der Waals surface area contributed by atoms with Crippen LogP contribution in [0.5, 0.6) is 5.75 Å². The standard InChI is InChI=1S/C11H16ClNO/c1-4-14-10-6-5-9(7-8(10)2)11(12)13-3/h5-7,11,13H,4H2,1-3H3. The summed E-state index contributed by atoms with van der Waals surface area (Å²) in [7, 11) is 1.84. The third kappa shape index (κ3) is 2.63. The van der Waals surface area contributed by atoms with E-state index in [1.807, 2.05) is 39.1 Å². The molecule has 0 fully saturated rings. The van der Waals surface area contributed by atoms with Crippen LogP contribution < -0.4 is 10.1 Å². The highest BCUT2D eigenvalue weighted by Gasteiger charge is 2.06. The van der Waals surface area contributed by atoms with Gasteiger partial charge in [-0.1, -0.05) is 6.07 Å². The smallest absolute Gasteiger partial charge is 0.122 e. The van der Waals surface area contributed by atoms with Gasteiger partial charge in [-0.15, -0.1) is 11.6 Å². The molecular formula is C11H16ClNO. The fourth-order valence-electron chi connectivity index (χ4n) is 1.31. The molecule has 1 aromatic rings. The first kappa shape index (κ1) is 11.3. The van der Waals surface area contributed by atoms with Crippen LogP contribution >= 0.6 is 11.6 Å². The van der Waals surface area contributed by atoms with Crippen molar-refractivity contribution in [2.75, 3.05) is 13.7 Å². The first-order valence-electron chi connectivity index (χ1n) is 4.73. The third-order valence-corrected chi connectivity index (χ3v) is 2.52. The van der Waals surface area contributed by atoms with Crippen molar-refractivity contribution in [1.29, 1.82) is 0 Å². The Bertz CT molecular complexity index is 301. The van der Waals surface area contributed by atoms with E-state index in [0.29, 0.717) is 6.61 Å². The third-order valence-electron chi connectivity index (χ3n) is 2.04. The molecule has 0 aliphatic carbocycles. The number of aryl methyl sites for hydroxylation is 1. The Morgan fingerprint density at radius 2 is 2.21 bits per heavy atom. The number of hydrogen-bond acceptors (Lipinski definition) is 2. The number of benzene rings is 1. The fourth-order valence-corrected chi connectivity index (χ4v) is 1.45. The molecule has 0 amide bonds. The van der Waals surface area contributed by atoms with E-state index < -0.39 is 0 Å². The highest BCUT2D eigenvalue weighted by molar-refractivity contribution is 6.20. The van der Waals surface area contributed by atoms with Gasteiger partial charge in [-0.2, -0.15) is 0 Å². The quantitative estimate of drug-likeness (QED) is 0.614. The monoisotopic (exact) mass is 213 g/mol. The normalized spacial score (nSPS) is 12.6. The Labute approximate surface area is 90.2 Å². The van der Waals surface area contributed by atoms with E-state index in [2.05, 4.69) is 5.32 Å². The maximum absolute atomic E-state index is 6.04. The van der Waals surface area contributed by atoms with E-state index in [4.69, 9.17) is 16.3 Å². The second-order valence-corrected chi connectivity index (χ2v) is 3.55. The molecule has 14 heavy (non-hydrogen) atoms. The first-order chi connectivity index (χ1) is 6.69. The number of rotatable bonds is 4. The van der Waals surface area contributed by atoms with Crippen molar-refractivity contribution in [1.82, 2.24) is 5.32 Å². The number of alkyl halides is 1. The highest BCUT2D eigenvalue weighted by Crippen LogP contribution is 2.24. The topological polar surface area (TPSA) is 21.3 Å². The molecule has 1 unspecified atom stereocenters. The molecule has 0 aliphatic heterocycles. The number of halogens is 1. The van der Waals surface area contributed by atoms with Gasteiger partial charge < -0.3 is 10.1 Å². The molecular weight excluding hydrogens is 198 g/mol. The zero-order valence-electron chi connectivity index (χ0n) is 8.80. The molecule has 78 valence electrons. The summed E-state index contributed by atoms with van der Waals surface area (Å²) in [5, 5.41) is 2.98. The Morgan fingerprint density at radius 3 is 2.71 bits per heavy atom. The lowest BCUT2D eigenvalue weighted by atomic mass is 10.1. The zero-order valence-corrected chi connectivity index (χ0v) is 9.56. The van der Waals surface area contributed by atoms with Crippen molar-refractivity contribution in [3.63, 3.8) is 0 Å². The zero-order chi connectivity index (χ0) is 10.6. The lowest BCUT2D eigenvalue weighted by Gasteiger charge is -2.12. The average molecular weight is 214 g/mol. The van der Waals surface area contributed by atoms with E-state index in [-0.39, 0.29) is 5.50 Å². The SMILES string of the molecule is CCOc1ccc(C(Cl)NC)cc1C. The summed E-state index contributed by atoms with van der Waals surface area (Å²) in [5.41, 5.74) is 2.05. The van der Waals surface area contributed by atoms with Gasteiger partial charge in [-0.3, -0.25) is 0 Å². The number of ether oxygens (including phenoxy) is 1. The van der Waals surface area contributed by atoms with Crippen molar-refractivity contribution in [2.45, 2.75) is 19.3 Å². The first-order valence-corrected chi connectivity index (χ1v) is 5.17. The van der Waals surface area contributed by atoms with Gasteiger partial charge in [0.1, 0.15) is 11.3 Å². The van der Waals surface area contributed by atoms with Crippen LogP contribution in [-0.2, 0) is 0 Å². The molecule has 0 bridgehead atoms. The molecule has 0 heterocycles. The van der Waals surface area contributed by atoms with Gasteiger partial charge in [0.25, 0.3) is 0 Å². The second kappa shape index (κ2) is 5.23. The minimum atomic E-state index is -0.135. The Balaban J connectivity index is 2.88. The maximum Gasteiger partial charge on any atom is 0.122 e. The molecule has 0 aromatic heterocycles. The van der Waals surface area contributed by atoms with Gasteiger partial charge in [0.15, 0.2) is 0 Å². The predicted molar refractivity (Wildman–Crippen MR) is 60.0 cm³/mol. The predicted octanol–water partition coefficient (Wildman–Crippen LogP) is 2.85. The van der Waals surface area contributed by atoms with Crippen LogP contribution in [0, 0.1) is 6.92 Å². The molecule has 0 radical (unpaired) electrons. The molecule has 0 saturated carbocycles. The van der Waals surface area contributed by atoms with Crippen LogP contribution in [0.25, 0.3) is 0 Å². The summed E-state index contributed by atoms with van der Waals surface area (Å²) in [6.07, 6.45) is 0. The van der Waals surface area contributed by atoms with Gasteiger partial charge in [0.2, 0.25) is 0 Å². The average Bonchev–Trinajstić information content (AvgIpc) is 2.20. The van der Waals surface area contributed by atoms with Crippen LogP contribution in [0.1, 0.15) is 23.6 Å². The van der Waals surface area contributed by atoms with Crippen LogP contribution in [0.3, 0.4) is 0 Å². The van der Waals surface area contributed by atoms with Crippen LogP contribution in [0.15, 0.2) is 18.2 Å². The van der Waals surface area contributed by atoms with E-state index in [0.717, 1.165) is 16.9 Å². The summed E-state index contributed by atoms with van der Waals surface area (Å²) >= 11 is 6.04. The van der Waals surface area contributed by atoms with Crippen molar-refractivity contribution in [2.24, 2.45) is 0 Å². The summed E-state index contributed by atoms with van der Waals surface area (Å²) in [6, 6.07) is 5.98. The molecule has 3 heteroatoms. The second-order valence-electron chi connectivity index (χ2n) is 3.11. The molecule has 0 saturated heterocycles. The Kier molecular flexibility index (Phi) is 4.23. The molecule has 1 aromatic carbocycles. The maximum atomic E-state index is 6.04. The number of nitrogens with one attached hydrogen (secondary N) is 1. The molecule has 1 N–H and O–H groups in total. The lowest BCUT2D eigenvalue weighted by molar-refractivity contribution is 0.338. The van der Waals surface area contributed by atoms with Crippen molar-refractivity contribution >= 4 is 11.6 Å². The van der Waals surface area contributed by atoms with Crippen LogP contribution in [-0.4, -0.2) is 13.7 Å². The number of hydrogen-bond donors (Lipinski definition) is 1. The summed E-state index contributed by atoms with van der Waals surface area (Å²) in [4.78, 5) is 0. The molecule has 0 spiro atoms. The van der Waals surface area contributed by atoms with Crippen LogP contribution in [0.4, 0.5) is 0 Å². The van der Waals surface area contributed by atoms with Gasteiger partial charge >= 0.3 is 0 Å². The van der Waals surface area contributed by atoms with Gasteiger partial charge in [0.05, 0.1) is 6.61 Å². The van der Waals surface area contributed by atoms with E-state index >= 15 is 0 Å². The Morgan fingerprint density at radius 1 is 1.50 bits per heavy atom. The van der Waals surface area contributed by atoms with Gasteiger partial charge in [0, 0.05) is 0 Å². The molecule has 1 atom stereocenters. The van der Waals surface area contributed by atoms with E-state index in [1.54, 1.807) is 0 Å². The minimum Gasteiger partial charge on any atom is -0.494 e. The summed E-state index contributed by atoms with van der Waals surface area (Å²) in [6.45, 7) is 4.69. The van der Waals surface area contributed by atoms with Gasteiger partial charge in [-0.05, 0) is 44.2 Å². The van der Waals surface area contributed by atoms with Gasteiger partial charge in [-0.25, -0.2) is 0 Å². The fraction of sp³-hybridized carbons (Fsp3) is 0.455. The summed E-state index contributed by atoms with van der Waals surface area (Å²) in [5.74, 6) is 0.927. The van der Waals surface area contributed by atoms with Crippen molar-refractivity contribution in [3.8, 4) is 5.75 Å². The van der Waals surface area contributed by atoms with E-state index in [1.165, 1.54) is 0 Å². The Hall–Kier alpha value is -0.730. The summed E-state index contributed by atoms with van der Waals surface area (Å²) < 4.78 is 5.44.